The van der Waals surface area contributed by atoms with Crippen LogP contribution >= 0.6 is 0 Å². The molecular formula is C24H28N6O2. The standard InChI is InChI=1S/C24H28N6O2/c25-21-22(28-20-12-7-13-29(16-20)24(31)32)26-17-27-23(21)30(14-18-8-3-1-4-9-18)15-19-10-5-2-6-11-19/h1-6,8-11,17,20H,7,12-16,25H2,(H,31,32)(H,26,27,28). The Morgan fingerprint density at radius 1 is 1.06 bits per heavy atom. The molecule has 8 nitrogen and oxygen atoms in total. The molecule has 166 valence electrons. The van der Waals surface area contributed by atoms with Crippen molar-refractivity contribution in [3.63, 3.8) is 0 Å². The zero-order chi connectivity index (χ0) is 22.3. The number of hydrogen-bond acceptors (Lipinski definition) is 6. The summed E-state index contributed by atoms with van der Waals surface area (Å²) in [4.78, 5) is 23.8. The largest absolute Gasteiger partial charge is 0.465 e. The summed E-state index contributed by atoms with van der Waals surface area (Å²) < 4.78 is 0. The molecule has 2 aromatic carbocycles. The van der Waals surface area contributed by atoms with E-state index in [1.54, 1.807) is 0 Å². The topological polar surface area (TPSA) is 108 Å². The summed E-state index contributed by atoms with van der Waals surface area (Å²) in [7, 11) is 0. The van der Waals surface area contributed by atoms with Crippen LogP contribution in [0.5, 0.6) is 0 Å². The highest BCUT2D eigenvalue weighted by molar-refractivity contribution is 5.75. The second-order valence-corrected chi connectivity index (χ2v) is 8.00. The van der Waals surface area contributed by atoms with Gasteiger partial charge in [0.1, 0.15) is 12.0 Å². The van der Waals surface area contributed by atoms with E-state index in [0.717, 1.165) is 24.0 Å². The van der Waals surface area contributed by atoms with Crippen molar-refractivity contribution in [3.8, 4) is 0 Å². The molecule has 2 heterocycles. The quantitative estimate of drug-likeness (QED) is 0.521. The molecular weight excluding hydrogens is 404 g/mol. The molecule has 1 aliphatic heterocycles. The van der Waals surface area contributed by atoms with Gasteiger partial charge in [-0.2, -0.15) is 0 Å². The second kappa shape index (κ2) is 10.00. The number of rotatable bonds is 7. The Labute approximate surface area is 187 Å². The van der Waals surface area contributed by atoms with Crippen LogP contribution in [0.25, 0.3) is 0 Å². The van der Waals surface area contributed by atoms with E-state index >= 15 is 0 Å². The van der Waals surface area contributed by atoms with Gasteiger partial charge in [0.05, 0.1) is 0 Å². The fourth-order valence-corrected chi connectivity index (χ4v) is 4.03. The van der Waals surface area contributed by atoms with E-state index in [0.29, 0.717) is 43.5 Å². The summed E-state index contributed by atoms with van der Waals surface area (Å²) in [5.41, 5.74) is 9.31. The van der Waals surface area contributed by atoms with Gasteiger partial charge in [0, 0.05) is 32.2 Å². The van der Waals surface area contributed by atoms with Gasteiger partial charge in [-0.3, -0.25) is 0 Å². The Morgan fingerprint density at radius 2 is 1.69 bits per heavy atom. The van der Waals surface area contributed by atoms with Crippen LogP contribution < -0.4 is 16.0 Å². The zero-order valence-corrected chi connectivity index (χ0v) is 17.9. The maximum absolute atomic E-state index is 11.4. The van der Waals surface area contributed by atoms with Gasteiger partial charge in [-0.15, -0.1) is 0 Å². The molecule has 0 spiro atoms. The molecule has 1 atom stereocenters. The van der Waals surface area contributed by atoms with Crippen LogP contribution in [-0.4, -0.2) is 45.2 Å². The van der Waals surface area contributed by atoms with E-state index in [2.05, 4.69) is 44.5 Å². The van der Waals surface area contributed by atoms with Gasteiger partial charge in [0.15, 0.2) is 11.6 Å². The van der Waals surface area contributed by atoms with Gasteiger partial charge < -0.3 is 26.0 Å². The SMILES string of the molecule is Nc1c(NC2CCCN(C(=O)O)C2)ncnc1N(Cc1ccccc1)Cc1ccccc1. The highest BCUT2D eigenvalue weighted by Gasteiger charge is 2.25. The molecule has 4 N–H and O–H groups in total. The van der Waals surface area contributed by atoms with E-state index < -0.39 is 6.09 Å². The summed E-state index contributed by atoms with van der Waals surface area (Å²) in [5.74, 6) is 1.19. The Bertz CT molecular complexity index is 990. The number of nitrogens with zero attached hydrogens (tertiary/aromatic N) is 4. The van der Waals surface area contributed by atoms with E-state index in [9.17, 15) is 9.90 Å². The number of amides is 1. The van der Waals surface area contributed by atoms with Crippen LogP contribution in [0, 0.1) is 0 Å². The molecule has 32 heavy (non-hydrogen) atoms. The maximum atomic E-state index is 11.4. The van der Waals surface area contributed by atoms with Crippen molar-refractivity contribution in [2.45, 2.75) is 32.0 Å². The molecule has 4 rings (SSSR count). The molecule has 0 bridgehead atoms. The summed E-state index contributed by atoms with van der Waals surface area (Å²) >= 11 is 0. The van der Waals surface area contributed by atoms with E-state index in [4.69, 9.17) is 5.73 Å². The Morgan fingerprint density at radius 3 is 2.28 bits per heavy atom. The minimum atomic E-state index is -0.898. The van der Waals surface area contributed by atoms with Gasteiger partial charge in [0.2, 0.25) is 0 Å². The van der Waals surface area contributed by atoms with Gasteiger partial charge >= 0.3 is 6.09 Å². The highest BCUT2D eigenvalue weighted by Crippen LogP contribution is 2.30. The smallest absolute Gasteiger partial charge is 0.407 e. The predicted octanol–water partition coefficient (Wildman–Crippen LogP) is 3.82. The van der Waals surface area contributed by atoms with Gasteiger partial charge in [-0.1, -0.05) is 60.7 Å². The summed E-state index contributed by atoms with van der Waals surface area (Å²) in [6.07, 6.45) is 2.27. The highest BCUT2D eigenvalue weighted by atomic mass is 16.4. The number of aromatic nitrogens is 2. The van der Waals surface area contributed by atoms with Crippen molar-refractivity contribution in [2.75, 3.05) is 29.0 Å². The molecule has 1 fully saturated rings. The predicted molar refractivity (Wildman–Crippen MR) is 125 cm³/mol. The van der Waals surface area contributed by atoms with Crippen LogP contribution in [-0.2, 0) is 13.1 Å². The first-order valence-corrected chi connectivity index (χ1v) is 10.8. The van der Waals surface area contributed by atoms with Crippen molar-refractivity contribution < 1.29 is 9.90 Å². The molecule has 1 unspecified atom stereocenters. The molecule has 1 saturated heterocycles. The number of carbonyl (C=O) groups is 1. The molecule has 0 radical (unpaired) electrons. The van der Waals surface area contributed by atoms with Crippen LogP contribution in [0.1, 0.15) is 24.0 Å². The first-order valence-electron chi connectivity index (χ1n) is 10.8. The number of benzene rings is 2. The Kier molecular flexibility index (Phi) is 6.69. The van der Waals surface area contributed by atoms with Gasteiger partial charge in [-0.25, -0.2) is 14.8 Å². The first kappa shape index (κ1) is 21.4. The molecule has 1 aliphatic rings. The summed E-state index contributed by atoms with van der Waals surface area (Å²) in [5, 5.41) is 12.7. The summed E-state index contributed by atoms with van der Waals surface area (Å²) in [6.45, 7) is 2.25. The molecule has 3 aromatic rings. The minimum absolute atomic E-state index is 0.0402. The monoisotopic (exact) mass is 432 g/mol. The van der Waals surface area contributed by atoms with Crippen LogP contribution in [0.4, 0.5) is 22.1 Å². The van der Waals surface area contributed by atoms with E-state index in [1.807, 2.05) is 36.4 Å². The maximum Gasteiger partial charge on any atom is 0.407 e. The van der Waals surface area contributed by atoms with Crippen molar-refractivity contribution in [1.82, 2.24) is 14.9 Å². The Balaban J connectivity index is 1.58. The molecule has 1 aromatic heterocycles. The van der Waals surface area contributed by atoms with Crippen LogP contribution in [0.3, 0.4) is 0 Å². The van der Waals surface area contributed by atoms with Gasteiger partial charge in [0.25, 0.3) is 0 Å². The van der Waals surface area contributed by atoms with Gasteiger partial charge in [-0.05, 0) is 24.0 Å². The molecule has 0 aliphatic carbocycles. The lowest BCUT2D eigenvalue weighted by Gasteiger charge is -2.32. The molecule has 1 amide bonds. The molecule has 0 saturated carbocycles. The Hall–Kier alpha value is -3.81. The fourth-order valence-electron chi connectivity index (χ4n) is 4.03. The fraction of sp³-hybridized carbons (Fsp3) is 0.292. The zero-order valence-electron chi connectivity index (χ0n) is 17.9. The number of piperidine rings is 1. The van der Waals surface area contributed by atoms with E-state index in [-0.39, 0.29) is 6.04 Å². The van der Waals surface area contributed by atoms with E-state index in [1.165, 1.54) is 11.2 Å². The second-order valence-electron chi connectivity index (χ2n) is 8.00. The number of likely N-dealkylation sites (tertiary alicyclic amines) is 1. The van der Waals surface area contributed by atoms with Crippen LogP contribution in [0.2, 0.25) is 0 Å². The number of carboxylic acid groups (broad SMARTS) is 1. The lowest BCUT2D eigenvalue weighted by molar-refractivity contribution is 0.133. The number of hydrogen-bond donors (Lipinski definition) is 3. The lowest BCUT2D eigenvalue weighted by Crippen LogP contribution is -2.44. The minimum Gasteiger partial charge on any atom is -0.465 e. The summed E-state index contributed by atoms with van der Waals surface area (Å²) in [6, 6.07) is 20.3. The van der Waals surface area contributed by atoms with Crippen molar-refractivity contribution >= 4 is 23.4 Å². The van der Waals surface area contributed by atoms with Crippen LogP contribution in [0.15, 0.2) is 67.0 Å². The third kappa shape index (κ3) is 5.26. The van der Waals surface area contributed by atoms with Crippen molar-refractivity contribution in [1.29, 1.82) is 0 Å². The number of nitrogens with two attached hydrogens (primary N) is 1. The van der Waals surface area contributed by atoms with Crippen molar-refractivity contribution in [3.05, 3.63) is 78.1 Å². The van der Waals surface area contributed by atoms with Crippen molar-refractivity contribution in [2.24, 2.45) is 0 Å². The number of nitrogen functional groups attached to an aromatic ring is 1. The number of nitrogens with one attached hydrogen (secondary N) is 1. The lowest BCUT2D eigenvalue weighted by atomic mass is 10.1. The third-order valence-corrected chi connectivity index (χ3v) is 5.63. The molecule has 8 heteroatoms. The first-order chi connectivity index (χ1) is 15.6. The average Bonchev–Trinajstić information content (AvgIpc) is 2.82. The number of anilines is 3. The average molecular weight is 433 g/mol. The third-order valence-electron chi connectivity index (χ3n) is 5.63. The normalized spacial score (nSPS) is 15.9.